The van der Waals surface area contributed by atoms with E-state index in [0.29, 0.717) is 15.6 Å². The minimum absolute atomic E-state index is 0.0784. The minimum Gasteiger partial charge on any atom is -0.382 e. The lowest BCUT2D eigenvalue weighted by atomic mass is 9.90. The Kier molecular flexibility index (Phi) is 4.96. The molecule has 1 aromatic heterocycles. The topological polar surface area (TPSA) is 50.9 Å². The molecule has 0 aliphatic carbocycles. The summed E-state index contributed by atoms with van der Waals surface area (Å²) in [6.45, 7) is 2.23. The molecule has 0 aliphatic rings. The van der Waals surface area contributed by atoms with E-state index in [1.807, 2.05) is 13.2 Å². The Hall–Kier alpha value is -0.750. The zero-order valence-electron chi connectivity index (χ0n) is 11.1. The van der Waals surface area contributed by atoms with E-state index in [1.165, 1.54) is 6.33 Å². The minimum atomic E-state index is -1.16. The van der Waals surface area contributed by atoms with Gasteiger partial charge in [-0.1, -0.05) is 36.2 Å². The molecule has 0 bridgehead atoms. The van der Waals surface area contributed by atoms with E-state index in [1.54, 1.807) is 41.0 Å². The number of rotatable bonds is 5. The predicted molar refractivity (Wildman–Crippen MR) is 83.4 cm³/mol. The molecule has 0 aliphatic heterocycles. The fourth-order valence-corrected chi connectivity index (χ4v) is 3.19. The molecule has 1 N–H and O–H groups in total. The van der Waals surface area contributed by atoms with Gasteiger partial charge in [0.15, 0.2) is 0 Å². The summed E-state index contributed by atoms with van der Waals surface area (Å²) in [6.07, 6.45) is 4.95. The van der Waals surface area contributed by atoms with Crippen LogP contribution in [0.3, 0.4) is 0 Å². The predicted octanol–water partition coefficient (Wildman–Crippen LogP) is 3.22. The lowest BCUT2D eigenvalue weighted by molar-refractivity contribution is 0.0169. The number of halogens is 2. The largest absolute Gasteiger partial charge is 0.382 e. The van der Waals surface area contributed by atoms with Gasteiger partial charge in [-0.05, 0) is 18.4 Å². The van der Waals surface area contributed by atoms with E-state index in [9.17, 15) is 5.11 Å². The van der Waals surface area contributed by atoms with Crippen molar-refractivity contribution in [1.82, 2.24) is 14.8 Å². The summed E-state index contributed by atoms with van der Waals surface area (Å²) >= 11 is 13.7. The maximum absolute atomic E-state index is 11.2. The summed E-state index contributed by atoms with van der Waals surface area (Å²) in [6, 6.07) is 5.12. The Bertz CT molecular complexity index is 579. The number of benzene rings is 1. The molecule has 2 aromatic rings. The highest BCUT2D eigenvalue weighted by Crippen LogP contribution is 2.38. The van der Waals surface area contributed by atoms with Crippen LogP contribution in [0, 0.1) is 0 Å². The lowest BCUT2D eigenvalue weighted by Gasteiger charge is -2.34. The van der Waals surface area contributed by atoms with Crippen LogP contribution in [0.25, 0.3) is 0 Å². The van der Waals surface area contributed by atoms with E-state index in [0.717, 1.165) is 0 Å². The quantitative estimate of drug-likeness (QED) is 0.913. The monoisotopic (exact) mass is 331 g/mol. The van der Waals surface area contributed by atoms with E-state index in [4.69, 9.17) is 23.2 Å². The first kappa shape index (κ1) is 15.6. The number of nitrogens with zero attached hydrogens (tertiary/aromatic N) is 3. The van der Waals surface area contributed by atoms with Crippen molar-refractivity contribution >= 4 is 35.0 Å². The summed E-state index contributed by atoms with van der Waals surface area (Å²) < 4.78 is 1.59. The Labute approximate surface area is 132 Å². The number of thioether (sulfide) groups is 1. The van der Waals surface area contributed by atoms with Crippen LogP contribution in [0.2, 0.25) is 10.0 Å². The second-order valence-corrected chi connectivity index (χ2v) is 6.54. The van der Waals surface area contributed by atoms with Crippen molar-refractivity contribution in [1.29, 1.82) is 0 Å². The maximum Gasteiger partial charge on any atom is 0.137 e. The number of aromatic nitrogens is 3. The molecule has 20 heavy (non-hydrogen) atoms. The van der Waals surface area contributed by atoms with Crippen molar-refractivity contribution in [2.75, 3.05) is 6.26 Å². The first-order chi connectivity index (χ1) is 9.47. The van der Waals surface area contributed by atoms with Crippen LogP contribution in [-0.4, -0.2) is 31.4 Å². The van der Waals surface area contributed by atoms with Crippen LogP contribution in [-0.2, 0) is 12.1 Å². The van der Waals surface area contributed by atoms with Gasteiger partial charge in [0.25, 0.3) is 0 Å². The van der Waals surface area contributed by atoms with Gasteiger partial charge in [-0.2, -0.15) is 16.9 Å². The van der Waals surface area contributed by atoms with Crippen LogP contribution >= 0.6 is 35.0 Å². The van der Waals surface area contributed by atoms with Crippen LogP contribution in [0.15, 0.2) is 30.9 Å². The van der Waals surface area contributed by atoms with Gasteiger partial charge in [0.2, 0.25) is 0 Å². The van der Waals surface area contributed by atoms with Crippen molar-refractivity contribution in [2.24, 2.45) is 0 Å². The van der Waals surface area contributed by atoms with Gasteiger partial charge in [-0.3, -0.25) is 0 Å². The van der Waals surface area contributed by atoms with Gasteiger partial charge < -0.3 is 5.11 Å². The second-order valence-electron chi connectivity index (χ2n) is 4.52. The standard InChI is InChI=1S/C13H15Cl2N3OS/c1-9(20-2)13(19,6-18-8-16-7-17-18)11-4-3-10(14)5-12(11)15/h3-5,7-9,19H,6H2,1-2H3. The molecular weight excluding hydrogens is 317 g/mol. The first-order valence-electron chi connectivity index (χ1n) is 6.00. The van der Waals surface area contributed by atoms with Crippen molar-refractivity contribution in [3.05, 3.63) is 46.5 Å². The summed E-state index contributed by atoms with van der Waals surface area (Å²) in [4.78, 5) is 3.90. The van der Waals surface area contributed by atoms with Crippen LogP contribution in [0.4, 0.5) is 0 Å². The van der Waals surface area contributed by atoms with Crippen LogP contribution in [0.5, 0.6) is 0 Å². The molecule has 0 spiro atoms. The van der Waals surface area contributed by atoms with E-state index in [-0.39, 0.29) is 11.8 Å². The molecule has 1 heterocycles. The molecule has 4 nitrogen and oxygen atoms in total. The smallest absolute Gasteiger partial charge is 0.137 e. The normalized spacial score (nSPS) is 15.8. The summed E-state index contributed by atoms with van der Waals surface area (Å²) in [5.41, 5.74) is -0.518. The summed E-state index contributed by atoms with van der Waals surface area (Å²) in [5.74, 6) is 0. The van der Waals surface area contributed by atoms with E-state index in [2.05, 4.69) is 10.1 Å². The molecule has 108 valence electrons. The fourth-order valence-electron chi connectivity index (χ4n) is 2.03. The molecule has 0 saturated carbocycles. The van der Waals surface area contributed by atoms with Gasteiger partial charge in [-0.15, -0.1) is 0 Å². The summed E-state index contributed by atoms with van der Waals surface area (Å²) in [7, 11) is 0. The zero-order valence-corrected chi connectivity index (χ0v) is 13.5. The Morgan fingerprint density at radius 2 is 2.20 bits per heavy atom. The first-order valence-corrected chi connectivity index (χ1v) is 8.05. The second kappa shape index (κ2) is 6.35. The van der Waals surface area contributed by atoms with Crippen molar-refractivity contribution in [3.63, 3.8) is 0 Å². The SMILES string of the molecule is CSC(C)C(O)(Cn1cncn1)c1ccc(Cl)cc1Cl. The number of hydrogen-bond acceptors (Lipinski definition) is 4. The molecule has 1 aromatic carbocycles. The Morgan fingerprint density at radius 1 is 1.45 bits per heavy atom. The van der Waals surface area contributed by atoms with Crippen molar-refractivity contribution in [3.8, 4) is 0 Å². The molecule has 2 unspecified atom stereocenters. The third-order valence-corrected chi connectivity index (χ3v) is 4.94. The highest BCUT2D eigenvalue weighted by atomic mass is 35.5. The average molecular weight is 332 g/mol. The molecule has 2 atom stereocenters. The highest BCUT2D eigenvalue weighted by molar-refractivity contribution is 7.99. The molecule has 0 saturated heterocycles. The molecule has 0 radical (unpaired) electrons. The molecule has 0 amide bonds. The molecule has 2 rings (SSSR count). The summed E-state index contributed by atoms with van der Waals surface area (Å²) in [5, 5.41) is 16.1. The van der Waals surface area contributed by atoms with E-state index >= 15 is 0 Å². The third kappa shape index (κ3) is 3.11. The van der Waals surface area contributed by atoms with E-state index < -0.39 is 5.60 Å². The van der Waals surface area contributed by atoms with Gasteiger partial charge >= 0.3 is 0 Å². The van der Waals surface area contributed by atoms with Gasteiger partial charge in [0.1, 0.15) is 18.3 Å². The van der Waals surface area contributed by atoms with Crippen LogP contribution < -0.4 is 0 Å². The maximum atomic E-state index is 11.2. The Morgan fingerprint density at radius 3 is 2.75 bits per heavy atom. The lowest BCUT2D eigenvalue weighted by Crippen LogP contribution is -2.40. The average Bonchev–Trinajstić information content (AvgIpc) is 2.90. The van der Waals surface area contributed by atoms with Crippen molar-refractivity contribution in [2.45, 2.75) is 24.3 Å². The van der Waals surface area contributed by atoms with Gasteiger partial charge in [-0.25, -0.2) is 9.67 Å². The van der Waals surface area contributed by atoms with Gasteiger partial charge in [0, 0.05) is 20.9 Å². The van der Waals surface area contributed by atoms with Crippen LogP contribution in [0.1, 0.15) is 12.5 Å². The van der Waals surface area contributed by atoms with Crippen molar-refractivity contribution < 1.29 is 5.11 Å². The molecular formula is C13H15Cl2N3OS. The zero-order chi connectivity index (χ0) is 14.8. The molecule has 7 heteroatoms. The third-order valence-electron chi connectivity index (χ3n) is 3.29. The Balaban J connectivity index is 2.45. The molecule has 0 fully saturated rings. The fraction of sp³-hybridized carbons (Fsp3) is 0.385. The number of hydrogen-bond donors (Lipinski definition) is 1. The van der Waals surface area contributed by atoms with Gasteiger partial charge in [0.05, 0.1) is 6.54 Å². The number of aliphatic hydroxyl groups is 1. The highest BCUT2D eigenvalue weighted by Gasteiger charge is 2.38.